The first kappa shape index (κ1) is 10.3. The molecule has 1 unspecified atom stereocenters. The monoisotopic (exact) mass is 226 g/mol. The molecule has 0 aliphatic rings. The number of carbonyl (C=O) groups is 1. The summed E-state index contributed by atoms with van der Waals surface area (Å²) in [6.45, 7) is 2.06. The largest absolute Gasteiger partial charge is 0.468 e. The molecule has 1 atom stereocenters. The molecule has 0 radical (unpaired) electrons. The van der Waals surface area contributed by atoms with Gasteiger partial charge in [-0.15, -0.1) is 0 Å². The van der Waals surface area contributed by atoms with Crippen LogP contribution >= 0.6 is 27.7 Å². The Kier molecular flexibility index (Phi) is 6.22. The van der Waals surface area contributed by atoms with Crippen LogP contribution in [0.1, 0.15) is 6.92 Å². The molecule has 0 aliphatic heterocycles. The third-order valence-electron chi connectivity index (χ3n) is 0.925. The second-order valence-electron chi connectivity index (χ2n) is 1.65. The Hall–Kier alpha value is 0.300. The second-order valence-corrected chi connectivity index (χ2v) is 4.07. The summed E-state index contributed by atoms with van der Waals surface area (Å²) in [6, 6.07) is 0. The van der Waals surface area contributed by atoms with E-state index in [4.69, 9.17) is 0 Å². The first-order chi connectivity index (χ1) is 4.72. The van der Waals surface area contributed by atoms with Crippen LogP contribution in [0.25, 0.3) is 0 Å². The van der Waals surface area contributed by atoms with Crippen molar-refractivity contribution in [2.45, 2.75) is 11.8 Å². The van der Waals surface area contributed by atoms with Crippen molar-refractivity contribution in [3.8, 4) is 0 Å². The summed E-state index contributed by atoms with van der Waals surface area (Å²) >= 11 is 4.92. The number of alkyl halides is 1. The van der Waals surface area contributed by atoms with E-state index in [1.807, 2.05) is 0 Å². The Bertz CT molecular complexity index is 108. The molecule has 0 spiro atoms. The molecule has 0 heterocycles. The van der Waals surface area contributed by atoms with Crippen LogP contribution in [0.15, 0.2) is 0 Å². The van der Waals surface area contributed by atoms with Crippen molar-refractivity contribution in [2.75, 3.05) is 18.6 Å². The Morgan fingerprint density at radius 2 is 2.40 bits per heavy atom. The van der Waals surface area contributed by atoms with Gasteiger partial charge >= 0.3 is 5.97 Å². The molecular formula is C6H11BrO2S. The van der Waals surface area contributed by atoms with Crippen molar-refractivity contribution in [3.05, 3.63) is 0 Å². The van der Waals surface area contributed by atoms with E-state index in [1.165, 1.54) is 7.11 Å². The van der Waals surface area contributed by atoms with Gasteiger partial charge in [0.15, 0.2) is 0 Å². The zero-order valence-electron chi connectivity index (χ0n) is 6.09. The number of hydrogen-bond donors (Lipinski definition) is 0. The topological polar surface area (TPSA) is 26.3 Å². The predicted octanol–water partition coefficient (Wildman–Crippen LogP) is 1.68. The van der Waals surface area contributed by atoms with Crippen LogP contribution in [0.3, 0.4) is 0 Å². The van der Waals surface area contributed by atoms with E-state index >= 15 is 0 Å². The Labute approximate surface area is 73.8 Å². The maximum absolute atomic E-state index is 10.7. The number of halogens is 1. The van der Waals surface area contributed by atoms with Gasteiger partial charge in [-0.25, -0.2) is 0 Å². The molecule has 2 nitrogen and oxygen atoms in total. The second kappa shape index (κ2) is 6.04. The molecule has 0 aromatic carbocycles. The third kappa shape index (κ3) is 4.17. The predicted molar refractivity (Wildman–Crippen MR) is 47.7 cm³/mol. The average Bonchev–Trinajstić information content (AvgIpc) is 1.98. The van der Waals surface area contributed by atoms with E-state index in [9.17, 15) is 4.79 Å². The minimum atomic E-state index is -0.194. The Morgan fingerprint density at radius 3 is 2.80 bits per heavy atom. The molecule has 0 bridgehead atoms. The van der Waals surface area contributed by atoms with Crippen LogP contribution in [0, 0.1) is 0 Å². The van der Waals surface area contributed by atoms with Gasteiger partial charge in [0.05, 0.1) is 7.11 Å². The summed E-state index contributed by atoms with van der Waals surface area (Å²) in [6.07, 6.45) is 0. The summed E-state index contributed by atoms with van der Waals surface area (Å²) < 4.78 is 4.51. The molecule has 4 heteroatoms. The van der Waals surface area contributed by atoms with Gasteiger partial charge in [-0.1, -0.05) is 22.9 Å². The molecule has 0 aromatic heterocycles. The first-order valence-corrected chi connectivity index (χ1v) is 5.09. The summed E-state index contributed by atoms with van der Waals surface area (Å²) in [5.41, 5.74) is 0. The maximum Gasteiger partial charge on any atom is 0.320 e. The van der Waals surface area contributed by atoms with Gasteiger partial charge in [0.1, 0.15) is 4.83 Å². The van der Waals surface area contributed by atoms with Gasteiger partial charge in [-0.2, -0.15) is 11.8 Å². The van der Waals surface area contributed by atoms with Crippen molar-refractivity contribution in [1.29, 1.82) is 0 Å². The lowest BCUT2D eigenvalue weighted by molar-refractivity contribution is -0.139. The summed E-state index contributed by atoms with van der Waals surface area (Å²) in [4.78, 5) is 10.6. The van der Waals surface area contributed by atoms with Crippen molar-refractivity contribution in [2.24, 2.45) is 0 Å². The fourth-order valence-corrected chi connectivity index (χ4v) is 1.74. The molecular weight excluding hydrogens is 216 g/mol. The van der Waals surface area contributed by atoms with E-state index in [2.05, 4.69) is 27.6 Å². The Morgan fingerprint density at radius 1 is 1.80 bits per heavy atom. The van der Waals surface area contributed by atoms with Crippen LogP contribution < -0.4 is 0 Å². The van der Waals surface area contributed by atoms with Crippen LogP contribution in [-0.4, -0.2) is 29.4 Å². The van der Waals surface area contributed by atoms with Gasteiger partial charge in [0, 0.05) is 5.75 Å². The van der Waals surface area contributed by atoms with Gasteiger partial charge < -0.3 is 4.74 Å². The standard InChI is InChI=1S/C6H11BrO2S/c1-3-10-4-5(7)6(8)9-2/h5H,3-4H2,1-2H3. The normalized spacial score (nSPS) is 12.7. The van der Waals surface area contributed by atoms with Crippen LogP contribution in [0.4, 0.5) is 0 Å². The highest BCUT2D eigenvalue weighted by atomic mass is 79.9. The van der Waals surface area contributed by atoms with Crippen molar-refractivity contribution in [1.82, 2.24) is 0 Å². The van der Waals surface area contributed by atoms with Crippen molar-refractivity contribution < 1.29 is 9.53 Å². The van der Waals surface area contributed by atoms with E-state index in [0.717, 1.165) is 11.5 Å². The molecule has 0 saturated carbocycles. The molecule has 10 heavy (non-hydrogen) atoms. The van der Waals surface area contributed by atoms with E-state index < -0.39 is 0 Å². The van der Waals surface area contributed by atoms with Crippen LogP contribution in [0.2, 0.25) is 0 Å². The lowest BCUT2D eigenvalue weighted by Crippen LogP contribution is -2.17. The fraction of sp³-hybridized carbons (Fsp3) is 0.833. The zero-order chi connectivity index (χ0) is 7.98. The van der Waals surface area contributed by atoms with Gasteiger partial charge in [0.25, 0.3) is 0 Å². The minimum Gasteiger partial charge on any atom is -0.468 e. The number of rotatable bonds is 4. The van der Waals surface area contributed by atoms with Gasteiger partial charge in [0.2, 0.25) is 0 Å². The number of carbonyl (C=O) groups excluding carboxylic acids is 1. The highest BCUT2D eigenvalue weighted by molar-refractivity contribution is 9.10. The van der Waals surface area contributed by atoms with Crippen molar-refractivity contribution in [3.63, 3.8) is 0 Å². The third-order valence-corrected chi connectivity index (χ3v) is 3.03. The summed E-state index contributed by atoms with van der Waals surface area (Å²) in [5, 5.41) is 0. The average molecular weight is 227 g/mol. The number of methoxy groups -OCH3 is 1. The highest BCUT2D eigenvalue weighted by Crippen LogP contribution is 2.10. The van der Waals surface area contributed by atoms with Gasteiger partial charge in [-0.05, 0) is 5.75 Å². The fourth-order valence-electron chi connectivity index (χ4n) is 0.417. The van der Waals surface area contributed by atoms with E-state index in [0.29, 0.717) is 0 Å². The molecule has 0 N–H and O–H groups in total. The number of hydrogen-bond acceptors (Lipinski definition) is 3. The summed E-state index contributed by atoms with van der Waals surface area (Å²) in [7, 11) is 1.40. The zero-order valence-corrected chi connectivity index (χ0v) is 8.50. The van der Waals surface area contributed by atoms with E-state index in [1.54, 1.807) is 11.8 Å². The molecule has 0 aliphatic carbocycles. The molecule has 60 valence electrons. The number of esters is 1. The smallest absolute Gasteiger partial charge is 0.320 e. The molecule has 0 aromatic rings. The number of ether oxygens (including phenoxy) is 1. The quantitative estimate of drug-likeness (QED) is 0.539. The molecule has 0 fully saturated rings. The van der Waals surface area contributed by atoms with Crippen LogP contribution in [-0.2, 0) is 9.53 Å². The lowest BCUT2D eigenvalue weighted by atomic mass is 10.5. The molecule has 0 saturated heterocycles. The number of thioether (sulfide) groups is 1. The van der Waals surface area contributed by atoms with Gasteiger partial charge in [-0.3, -0.25) is 4.79 Å². The van der Waals surface area contributed by atoms with Crippen LogP contribution in [0.5, 0.6) is 0 Å². The first-order valence-electron chi connectivity index (χ1n) is 3.02. The molecule has 0 amide bonds. The maximum atomic E-state index is 10.7. The highest BCUT2D eigenvalue weighted by Gasteiger charge is 2.13. The van der Waals surface area contributed by atoms with E-state index in [-0.39, 0.29) is 10.8 Å². The lowest BCUT2D eigenvalue weighted by Gasteiger charge is -2.04. The Balaban J connectivity index is 3.41. The molecule has 0 rings (SSSR count). The minimum absolute atomic E-state index is 0.151. The summed E-state index contributed by atoms with van der Waals surface area (Å²) in [5.74, 6) is 1.61. The SMILES string of the molecule is CCSCC(Br)C(=O)OC. The van der Waals surface area contributed by atoms with Crippen molar-refractivity contribution >= 4 is 33.7 Å².